The van der Waals surface area contributed by atoms with E-state index in [4.69, 9.17) is 9.84 Å². The second-order valence-corrected chi connectivity index (χ2v) is 6.97. The Labute approximate surface area is 182 Å². The Bertz CT molecular complexity index is 1090. The van der Waals surface area contributed by atoms with Crippen LogP contribution in [-0.4, -0.2) is 28.8 Å². The van der Waals surface area contributed by atoms with Gasteiger partial charge in [0.2, 0.25) is 0 Å². The second-order valence-electron chi connectivity index (χ2n) is 6.97. The van der Waals surface area contributed by atoms with E-state index >= 15 is 0 Å². The molecule has 0 radical (unpaired) electrons. The molecule has 6 nitrogen and oxygen atoms in total. The van der Waals surface area contributed by atoms with Crippen LogP contribution >= 0.6 is 0 Å². The number of aromatic nitrogens is 2. The van der Waals surface area contributed by atoms with E-state index < -0.39 is 5.91 Å². The monoisotopic (exact) mass is 414 g/mol. The molecule has 0 fully saturated rings. The predicted octanol–water partition coefficient (Wildman–Crippen LogP) is 4.76. The highest BCUT2D eigenvalue weighted by Gasteiger charge is 2.15. The highest BCUT2D eigenvalue weighted by atomic mass is 16.5. The standard InChI is InChI=1S/C25H26N4O2/c1-3-5-14-31-23-13-9-10-19(16-23)24-21(15-20(17-26)25(30)27-4-2)18-29(28-24)22-11-7-6-8-12-22/h6-13,15-16,18H,3-5,14H2,1-2H3,(H,27,30)/b20-15-. The summed E-state index contributed by atoms with van der Waals surface area (Å²) in [5.41, 5.74) is 3.11. The van der Waals surface area contributed by atoms with Crippen LogP contribution in [0.3, 0.4) is 0 Å². The Morgan fingerprint density at radius 3 is 2.71 bits per heavy atom. The first-order valence-electron chi connectivity index (χ1n) is 10.4. The number of benzene rings is 2. The van der Waals surface area contributed by atoms with Crippen molar-refractivity contribution in [1.82, 2.24) is 15.1 Å². The van der Waals surface area contributed by atoms with E-state index in [0.29, 0.717) is 24.4 Å². The number of likely N-dealkylation sites (N-methyl/N-ethyl adjacent to an activating group) is 1. The summed E-state index contributed by atoms with van der Waals surface area (Å²) < 4.78 is 7.59. The van der Waals surface area contributed by atoms with Gasteiger partial charge in [0, 0.05) is 23.9 Å². The molecule has 2 aromatic carbocycles. The van der Waals surface area contributed by atoms with Gasteiger partial charge in [-0.15, -0.1) is 0 Å². The third-order valence-electron chi connectivity index (χ3n) is 4.64. The minimum absolute atomic E-state index is 0.0334. The Morgan fingerprint density at radius 2 is 2.00 bits per heavy atom. The molecule has 0 saturated carbocycles. The molecule has 1 heterocycles. The molecule has 3 aromatic rings. The normalized spacial score (nSPS) is 11.1. The maximum Gasteiger partial charge on any atom is 0.261 e. The molecule has 0 spiro atoms. The molecule has 0 saturated heterocycles. The Balaban J connectivity index is 2.06. The average molecular weight is 415 g/mol. The quantitative estimate of drug-likeness (QED) is 0.311. The lowest BCUT2D eigenvalue weighted by molar-refractivity contribution is -0.116. The molecule has 3 rings (SSSR count). The number of nitriles is 1. The third kappa shape index (κ3) is 5.61. The number of hydrogen-bond donors (Lipinski definition) is 1. The van der Waals surface area contributed by atoms with Gasteiger partial charge in [-0.05, 0) is 43.7 Å². The van der Waals surface area contributed by atoms with Gasteiger partial charge in [-0.2, -0.15) is 10.4 Å². The van der Waals surface area contributed by atoms with Gasteiger partial charge in [0.05, 0.1) is 12.3 Å². The van der Waals surface area contributed by atoms with Gasteiger partial charge in [-0.3, -0.25) is 4.79 Å². The number of carbonyl (C=O) groups is 1. The van der Waals surface area contributed by atoms with Crippen molar-refractivity contribution >= 4 is 12.0 Å². The van der Waals surface area contributed by atoms with Crippen molar-refractivity contribution in [3.05, 3.63) is 71.9 Å². The maximum absolute atomic E-state index is 12.3. The number of carbonyl (C=O) groups excluding carboxylic acids is 1. The van der Waals surface area contributed by atoms with E-state index in [1.165, 1.54) is 0 Å². The number of hydrogen-bond acceptors (Lipinski definition) is 4. The first kappa shape index (κ1) is 21.8. The zero-order valence-corrected chi connectivity index (χ0v) is 17.8. The molecule has 1 N–H and O–H groups in total. The lowest BCUT2D eigenvalue weighted by Gasteiger charge is -2.07. The van der Waals surface area contributed by atoms with Crippen molar-refractivity contribution in [1.29, 1.82) is 5.26 Å². The van der Waals surface area contributed by atoms with Crippen molar-refractivity contribution in [2.24, 2.45) is 0 Å². The van der Waals surface area contributed by atoms with Crippen molar-refractivity contribution in [3.63, 3.8) is 0 Å². The van der Waals surface area contributed by atoms with Crippen molar-refractivity contribution in [2.75, 3.05) is 13.2 Å². The number of nitrogens with one attached hydrogen (secondary N) is 1. The molecule has 0 aliphatic rings. The number of para-hydroxylation sites is 1. The largest absolute Gasteiger partial charge is 0.494 e. The number of unbranched alkanes of at least 4 members (excludes halogenated alkanes) is 1. The van der Waals surface area contributed by atoms with E-state index in [1.807, 2.05) is 73.8 Å². The number of amides is 1. The summed E-state index contributed by atoms with van der Waals surface area (Å²) in [6, 6.07) is 19.4. The highest BCUT2D eigenvalue weighted by molar-refractivity contribution is 6.02. The molecular formula is C25H26N4O2. The molecule has 158 valence electrons. The number of nitrogens with zero attached hydrogens (tertiary/aromatic N) is 3. The molecule has 0 aliphatic heterocycles. The lowest BCUT2D eigenvalue weighted by Crippen LogP contribution is -2.23. The fourth-order valence-electron chi connectivity index (χ4n) is 3.06. The van der Waals surface area contributed by atoms with E-state index in [-0.39, 0.29) is 5.57 Å². The van der Waals surface area contributed by atoms with Crippen LogP contribution in [0.4, 0.5) is 0 Å². The Hall–Kier alpha value is -3.85. The van der Waals surface area contributed by atoms with Gasteiger partial charge in [-0.1, -0.05) is 43.7 Å². The van der Waals surface area contributed by atoms with Crippen LogP contribution in [0.2, 0.25) is 0 Å². The zero-order chi connectivity index (χ0) is 22.1. The summed E-state index contributed by atoms with van der Waals surface area (Å²) in [5, 5.41) is 16.9. The van der Waals surface area contributed by atoms with Gasteiger partial charge >= 0.3 is 0 Å². The average Bonchev–Trinajstić information content (AvgIpc) is 3.22. The van der Waals surface area contributed by atoms with Gasteiger partial charge in [0.15, 0.2) is 0 Å². The minimum Gasteiger partial charge on any atom is -0.494 e. The van der Waals surface area contributed by atoms with Gasteiger partial charge in [0.25, 0.3) is 5.91 Å². The fraction of sp³-hybridized carbons (Fsp3) is 0.240. The second kappa shape index (κ2) is 10.8. The molecule has 31 heavy (non-hydrogen) atoms. The molecule has 1 aromatic heterocycles. The number of ether oxygens (including phenoxy) is 1. The fourth-order valence-corrected chi connectivity index (χ4v) is 3.06. The van der Waals surface area contributed by atoms with E-state index in [1.54, 1.807) is 10.8 Å². The molecule has 0 bridgehead atoms. The third-order valence-corrected chi connectivity index (χ3v) is 4.64. The molecule has 6 heteroatoms. The summed E-state index contributed by atoms with van der Waals surface area (Å²) in [5.74, 6) is 0.361. The van der Waals surface area contributed by atoms with Crippen molar-refractivity contribution < 1.29 is 9.53 Å². The zero-order valence-electron chi connectivity index (χ0n) is 17.8. The van der Waals surface area contributed by atoms with E-state index in [9.17, 15) is 10.1 Å². The minimum atomic E-state index is -0.403. The predicted molar refractivity (Wildman–Crippen MR) is 122 cm³/mol. The first-order valence-corrected chi connectivity index (χ1v) is 10.4. The van der Waals surface area contributed by atoms with Crippen LogP contribution in [0.1, 0.15) is 32.3 Å². The summed E-state index contributed by atoms with van der Waals surface area (Å²) in [4.78, 5) is 12.3. The lowest BCUT2D eigenvalue weighted by atomic mass is 10.1. The highest BCUT2D eigenvalue weighted by Crippen LogP contribution is 2.28. The molecule has 1 amide bonds. The van der Waals surface area contributed by atoms with Gasteiger partial charge in [-0.25, -0.2) is 4.68 Å². The summed E-state index contributed by atoms with van der Waals surface area (Å²) in [7, 11) is 0. The molecule has 0 atom stereocenters. The Kier molecular flexibility index (Phi) is 7.61. The molecule has 0 aliphatic carbocycles. The topological polar surface area (TPSA) is 79.9 Å². The van der Waals surface area contributed by atoms with Crippen molar-refractivity contribution in [2.45, 2.75) is 26.7 Å². The van der Waals surface area contributed by atoms with Crippen LogP contribution in [-0.2, 0) is 4.79 Å². The van der Waals surface area contributed by atoms with E-state index in [2.05, 4.69) is 12.2 Å². The molecule has 0 unspecified atom stereocenters. The Morgan fingerprint density at radius 1 is 1.19 bits per heavy atom. The van der Waals surface area contributed by atoms with Crippen LogP contribution in [0.5, 0.6) is 5.75 Å². The molecular weight excluding hydrogens is 388 g/mol. The first-order chi connectivity index (χ1) is 15.2. The SMILES string of the molecule is CCCCOc1cccc(-c2nn(-c3ccccc3)cc2/C=C(/C#N)C(=O)NCC)c1. The van der Waals surface area contributed by atoms with Gasteiger partial charge < -0.3 is 10.1 Å². The van der Waals surface area contributed by atoms with Crippen LogP contribution in [0.25, 0.3) is 23.0 Å². The van der Waals surface area contributed by atoms with Crippen molar-refractivity contribution in [3.8, 4) is 28.8 Å². The maximum atomic E-state index is 12.3. The van der Waals surface area contributed by atoms with E-state index in [0.717, 1.165) is 29.8 Å². The van der Waals surface area contributed by atoms with Crippen LogP contribution < -0.4 is 10.1 Å². The van der Waals surface area contributed by atoms with Crippen LogP contribution in [0.15, 0.2) is 66.4 Å². The summed E-state index contributed by atoms with van der Waals surface area (Å²) >= 11 is 0. The summed E-state index contributed by atoms with van der Waals surface area (Å²) in [6.45, 7) is 5.04. The number of rotatable bonds is 9. The van der Waals surface area contributed by atoms with Gasteiger partial charge in [0.1, 0.15) is 23.1 Å². The smallest absolute Gasteiger partial charge is 0.261 e. The summed E-state index contributed by atoms with van der Waals surface area (Å²) in [6.07, 6.45) is 5.45. The van der Waals surface area contributed by atoms with Crippen LogP contribution in [0, 0.1) is 11.3 Å².